The van der Waals surface area contributed by atoms with Crippen LogP contribution in [0.25, 0.3) is 0 Å². The van der Waals surface area contributed by atoms with Crippen LogP contribution < -0.4 is 10.6 Å². The molecule has 0 aliphatic rings. The summed E-state index contributed by atoms with van der Waals surface area (Å²) in [6.45, 7) is 6.38. The molecule has 0 unspecified atom stereocenters. The van der Waals surface area contributed by atoms with Crippen LogP contribution in [-0.2, 0) is 6.54 Å². The van der Waals surface area contributed by atoms with Gasteiger partial charge in [-0.1, -0.05) is 32.0 Å². The molecule has 2 N–H and O–H groups in total. The van der Waals surface area contributed by atoms with Crippen LogP contribution in [0.15, 0.2) is 59.3 Å². The number of aromatic nitrogens is 1. The van der Waals surface area contributed by atoms with E-state index in [1.54, 1.807) is 24.5 Å². The molecule has 0 saturated heterocycles. The van der Waals surface area contributed by atoms with Gasteiger partial charge in [0.15, 0.2) is 0 Å². The first-order valence-electron chi connectivity index (χ1n) is 9.13. The summed E-state index contributed by atoms with van der Waals surface area (Å²) < 4.78 is 5.20. The van der Waals surface area contributed by atoms with Gasteiger partial charge in [-0.25, -0.2) is 0 Å². The van der Waals surface area contributed by atoms with Gasteiger partial charge in [0, 0.05) is 17.4 Å². The molecule has 0 atom stereocenters. The predicted octanol–water partition coefficient (Wildman–Crippen LogP) is 4.29. The molecule has 0 aliphatic carbocycles. The van der Waals surface area contributed by atoms with Gasteiger partial charge in [0.1, 0.15) is 11.5 Å². The van der Waals surface area contributed by atoms with E-state index in [2.05, 4.69) is 29.5 Å². The van der Waals surface area contributed by atoms with E-state index in [0.29, 0.717) is 11.3 Å². The van der Waals surface area contributed by atoms with Gasteiger partial charge in [-0.15, -0.1) is 0 Å². The van der Waals surface area contributed by atoms with Crippen LogP contribution in [0.5, 0.6) is 0 Å². The third kappa shape index (κ3) is 4.46. The third-order valence-corrected chi connectivity index (χ3v) is 4.42. The quantitative estimate of drug-likeness (QED) is 0.671. The number of carbonyl (C=O) groups excluding carboxylic acids is 2. The predicted molar refractivity (Wildman–Crippen MR) is 107 cm³/mol. The smallest absolute Gasteiger partial charge is 0.274 e. The zero-order valence-electron chi connectivity index (χ0n) is 16.2. The lowest BCUT2D eigenvalue weighted by Crippen LogP contribution is -2.23. The summed E-state index contributed by atoms with van der Waals surface area (Å²) in [5.41, 5.74) is 3.37. The number of hydrogen-bond acceptors (Lipinski definition) is 4. The van der Waals surface area contributed by atoms with Gasteiger partial charge in [0.2, 0.25) is 0 Å². The van der Waals surface area contributed by atoms with Crippen LogP contribution in [0.3, 0.4) is 0 Å². The van der Waals surface area contributed by atoms with E-state index in [0.717, 1.165) is 16.8 Å². The molecule has 0 spiro atoms. The summed E-state index contributed by atoms with van der Waals surface area (Å²) in [5, 5.41) is 5.71. The van der Waals surface area contributed by atoms with E-state index in [-0.39, 0.29) is 30.0 Å². The van der Waals surface area contributed by atoms with Crippen LogP contribution in [0.1, 0.15) is 57.5 Å². The third-order valence-electron chi connectivity index (χ3n) is 4.42. The van der Waals surface area contributed by atoms with Crippen molar-refractivity contribution in [2.45, 2.75) is 33.2 Å². The Morgan fingerprint density at radius 2 is 1.93 bits per heavy atom. The Bertz CT molecular complexity index is 978. The molecule has 2 aromatic heterocycles. The average Bonchev–Trinajstić information content (AvgIpc) is 3.21. The number of rotatable bonds is 6. The van der Waals surface area contributed by atoms with Crippen LogP contribution in [0.2, 0.25) is 0 Å². The molecule has 0 saturated carbocycles. The zero-order chi connectivity index (χ0) is 20.1. The average molecular weight is 377 g/mol. The van der Waals surface area contributed by atoms with Crippen LogP contribution in [-0.4, -0.2) is 16.8 Å². The maximum Gasteiger partial charge on any atom is 0.274 e. The van der Waals surface area contributed by atoms with E-state index in [1.165, 1.54) is 12.3 Å². The number of pyridine rings is 1. The normalized spacial score (nSPS) is 10.7. The van der Waals surface area contributed by atoms with E-state index in [4.69, 9.17) is 4.42 Å². The number of carbonyl (C=O) groups is 2. The van der Waals surface area contributed by atoms with Crippen LogP contribution >= 0.6 is 0 Å². The van der Waals surface area contributed by atoms with Crippen LogP contribution in [0, 0.1) is 6.92 Å². The van der Waals surface area contributed by atoms with Crippen molar-refractivity contribution in [3.05, 3.63) is 83.1 Å². The molecule has 6 heteroatoms. The Hall–Kier alpha value is -3.41. The zero-order valence-corrected chi connectivity index (χ0v) is 16.2. The Labute approximate surface area is 164 Å². The SMILES string of the molecule is Cc1cccc(C(C)C)c1NC(=O)c1cc(C(=O)NCc2ccco2)ccn1. The number of benzene rings is 1. The summed E-state index contributed by atoms with van der Waals surface area (Å²) >= 11 is 0. The van der Waals surface area contributed by atoms with E-state index in [9.17, 15) is 9.59 Å². The standard InChI is InChI=1S/C22H23N3O3/c1-14(2)18-8-4-6-15(3)20(18)25-22(27)19-12-16(9-10-23-19)21(26)24-13-17-7-5-11-28-17/h4-12,14H,13H2,1-3H3,(H,24,26)(H,25,27). The highest BCUT2D eigenvalue weighted by Gasteiger charge is 2.16. The van der Waals surface area contributed by atoms with Gasteiger partial charge >= 0.3 is 0 Å². The lowest BCUT2D eigenvalue weighted by Gasteiger charge is -2.16. The fourth-order valence-corrected chi connectivity index (χ4v) is 2.90. The molecule has 0 radical (unpaired) electrons. The van der Waals surface area contributed by atoms with Crippen molar-refractivity contribution in [1.82, 2.24) is 10.3 Å². The Balaban J connectivity index is 1.75. The van der Waals surface area contributed by atoms with Gasteiger partial charge in [-0.3, -0.25) is 14.6 Å². The number of nitrogens with one attached hydrogen (secondary N) is 2. The maximum absolute atomic E-state index is 12.7. The molecule has 6 nitrogen and oxygen atoms in total. The number of anilines is 1. The van der Waals surface area contributed by atoms with Gasteiger partial charge in [0.25, 0.3) is 11.8 Å². The highest BCUT2D eigenvalue weighted by atomic mass is 16.3. The van der Waals surface area contributed by atoms with Crippen molar-refractivity contribution in [3.8, 4) is 0 Å². The topological polar surface area (TPSA) is 84.2 Å². The minimum atomic E-state index is -0.350. The first-order chi connectivity index (χ1) is 13.5. The van der Waals surface area contributed by atoms with Crippen molar-refractivity contribution < 1.29 is 14.0 Å². The molecule has 2 heterocycles. The molecule has 0 aliphatic heterocycles. The monoisotopic (exact) mass is 377 g/mol. The van der Waals surface area contributed by atoms with Crippen molar-refractivity contribution in [3.63, 3.8) is 0 Å². The molecule has 1 aromatic carbocycles. The fourth-order valence-electron chi connectivity index (χ4n) is 2.90. The van der Waals surface area contributed by atoms with Crippen molar-refractivity contribution in [1.29, 1.82) is 0 Å². The first-order valence-corrected chi connectivity index (χ1v) is 9.13. The van der Waals surface area contributed by atoms with Crippen LogP contribution in [0.4, 0.5) is 5.69 Å². The number of nitrogens with zero attached hydrogens (tertiary/aromatic N) is 1. The Kier molecular flexibility index (Phi) is 5.89. The van der Waals surface area contributed by atoms with Gasteiger partial charge in [-0.2, -0.15) is 0 Å². The minimum absolute atomic E-state index is 0.184. The van der Waals surface area contributed by atoms with E-state index >= 15 is 0 Å². The summed E-state index contributed by atoms with van der Waals surface area (Å²) in [6, 6.07) is 12.5. The molecule has 2 amide bonds. The number of furan rings is 1. The Morgan fingerprint density at radius 1 is 1.11 bits per heavy atom. The van der Waals surface area contributed by atoms with E-state index < -0.39 is 0 Å². The fraction of sp³-hybridized carbons (Fsp3) is 0.227. The highest BCUT2D eigenvalue weighted by Crippen LogP contribution is 2.27. The highest BCUT2D eigenvalue weighted by molar-refractivity contribution is 6.05. The van der Waals surface area contributed by atoms with Gasteiger partial charge < -0.3 is 15.1 Å². The largest absolute Gasteiger partial charge is 0.467 e. The van der Waals surface area contributed by atoms with E-state index in [1.807, 2.05) is 25.1 Å². The van der Waals surface area contributed by atoms with Crippen molar-refractivity contribution in [2.75, 3.05) is 5.32 Å². The summed E-state index contributed by atoms with van der Waals surface area (Å²) in [6.07, 6.45) is 3.01. The molecule has 0 fully saturated rings. The van der Waals surface area contributed by atoms with Gasteiger partial charge in [0.05, 0.1) is 12.8 Å². The Morgan fingerprint density at radius 3 is 2.64 bits per heavy atom. The van der Waals surface area contributed by atoms with Crippen molar-refractivity contribution >= 4 is 17.5 Å². The lowest BCUT2D eigenvalue weighted by atomic mass is 9.98. The summed E-state index contributed by atoms with van der Waals surface area (Å²) in [5.74, 6) is 0.270. The van der Waals surface area contributed by atoms with Gasteiger partial charge in [-0.05, 0) is 48.2 Å². The molecule has 28 heavy (non-hydrogen) atoms. The molecule has 0 bridgehead atoms. The number of hydrogen-bond donors (Lipinski definition) is 2. The first kappa shape index (κ1) is 19.4. The lowest BCUT2D eigenvalue weighted by molar-refractivity contribution is 0.0948. The molecule has 3 aromatic rings. The minimum Gasteiger partial charge on any atom is -0.467 e. The molecule has 3 rings (SSSR count). The second-order valence-electron chi connectivity index (χ2n) is 6.84. The number of aryl methyl sites for hydroxylation is 1. The number of amides is 2. The van der Waals surface area contributed by atoms with Crippen molar-refractivity contribution in [2.24, 2.45) is 0 Å². The molecule has 144 valence electrons. The molecular formula is C22H23N3O3. The second-order valence-corrected chi connectivity index (χ2v) is 6.84. The molecular weight excluding hydrogens is 354 g/mol. The maximum atomic E-state index is 12.7. The summed E-state index contributed by atoms with van der Waals surface area (Å²) in [7, 11) is 0. The second kappa shape index (κ2) is 8.52. The number of para-hydroxylation sites is 1. The summed E-state index contributed by atoms with van der Waals surface area (Å²) in [4.78, 5) is 29.2.